The van der Waals surface area contributed by atoms with Gasteiger partial charge >= 0.3 is 5.91 Å². The number of Topliss-reactive ketones (excluding diaryl/α,β-unsaturated/α-hetero) is 1. The Hall–Kier alpha value is -4.44. The van der Waals surface area contributed by atoms with Gasteiger partial charge in [-0.2, -0.15) is 0 Å². The molecule has 1 amide bonds. The summed E-state index contributed by atoms with van der Waals surface area (Å²) in [4.78, 5) is 36.9. The first kappa shape index (κ1) is 25.2. The highest BCUT2D eigenvalue weighted by Crippen LogP contribution is 2.46. The highest BCUT2D eigenvalue weighted by molar-refractivity contribution is 7.22. The Morgan fingerprint density at radius 2 is 1.74 bits per heavy atom. The van der Waals surface area contributed by atoms with Crippen molar-refractivity contribution in [2.75, 3.05) is 25.2 Å². The molecule has 194 valence electrons. The summed E-state index contributed by atoms with van der Waals surface area (Å²) in [7, 11) is 1.57. The fraction of sp³-hybridized carbons (Fsp3) is 0.214. The van der Waals surface area contributed by atoms with Gasteiger partial charge < -0.3 is 19.3 Å². The van der Waals surface area contributed by atoms with Gasteiger partial charge in [-0.1, -0.05) is 17.4 Å². The van der Waals surface area contributed by atoms with Gasteiger partial charge in [0.1, 0.15) is 11.5 Å². The van der Waals surface area contributed by atoms with Crippen molar-refractivity contribution in [3.8, 4) is 17.2 Å². The van der Waals surface area contributed by atoms with Gasteiger partial charge in [0.25, 0.3) is 5.78 Å². The van der Waals surface area contributed by atoms with Crippen molar-refractivity contribution in [3.05, 3.63) is 77.6 Å². The molecule has 4 aromatic rings. The minimum absolute atomic E-state index is 0.0513. The second kappa shape index (κ2) is 10.5. The summed E-state index contributed by atoms with van der Waals surface area (Å²) < 4.78 is 17.6. The van der Waals surface area contributed by atoms with Crippen LogP contribution < -0.4 is 19.1 Å². The quantitative estimate of drug-likeness (QED) is 0.189. The van der Waals surface area contributed by atoms with Crippen LogP contribution in [0.5, 0.6) is 17.2 Å². The number of benzene rings is 2. The van der Waals surface area contributed by atoms with E-state index in [0.29, 0.717) is 52.2 Å². The first-order valence-electron chi connectivity index (χ1n) is 12.0. The number of ketones is 1. The molecule has 1 fully saturated rings. The number of aliphatic hydroxyl groups excluding tert-OH is 1. The third-order valence-electron chi connectivity index (χ3n) is 6.07. The lowest BCUT2D eigenvalue weighted by molar-refractivity contribution is -0.132. The number of rotatable bonds is 8. The molecule has 2 aromatic carbocycles. The van der Waals surface area contributed by atoms with Crippen LogP contribution >= 0.6 is 11.3 Å². The number of aromatic nitrogens is 2. The minimum atomic E-state index is -0.958. The molecule has 10 heteroatoms. The maximum absolute atomic E-state index is 13.5. The Labute approximate surface area is 222 Å². The molecule has 0 radical (unpaired) electrons. The minimum Gasteiger partial charge on any atom is -0.507 e. The van der Waals surface area contributed by atoms with Gasteiger partial charge in [-0.15, -0.1) is 0 Å². The normalized spacial score (nSPS) is 16.7. The summed E-state index contributed by atoms with van der Waals surface area (Å²) >= 11 is 1.26. The summed E-state index contributed by atoms with van der Waals surface area (Å²) in [6.07, 6.45) is 3.01. The molecule has 1 aliphatic heterocycles. The number of carbonyl (C=O) groups is 2. The SMILES string of the molecule is CCOc1ccc(C2C(=C(O)c3ccncc3)C(=O)C(=O)N2c2nc3ccc(OC)cc3s2)cc1OCC. The number of nitrogens with zero attached hydrogens (tertiary/aromatic N) is 3. The Bertz CT molecular complexity index is 1550. The summed E-state index contributed by atoms with van der Waals surface area (Å²) in [5.41, 5.74) is 1.53. The largest absolute Gasteiger partial charge is 0.507 e. The molecule has 5 rings (SSSR count). The molecule has 1 aliphatic rings. The zero-order chi connectivity index (χ0) is 26.8. The Morgan fingerprint density at radius 3 is 2.45 bits per heavy atom. The highest BCUT2D eigenvalue weighted by Gasteiger charge is 2.48. The first-order valence-corrected chi connectivity index (χ1v) is 12.8. The fourth-order valence-electron chi connectivity index (χ4n) is 4.37. The van der Waals surface area contributed by atoms with Gasteiger partial charge in [0.2, 0.25) is 0 Å². The molecule has 38 heavy (non-hydrogen) atoms. The van der Waals surface area contributed by atoms with E-state index >= 15 is 0 Å². The summed E-state index contributed by atoms with van der Waals surface area (Å²) in [6, 6.07) is 12.8. The standard InChI is InChI=1S/C28H25N3O6S/c1-4-36-20-9-6-17(14-21(20)37-5-2)24-23(25(32)16-10-12-29-13-11-16)26(33)27(34)31(24)28-30-19-8-7-18(35-3)15-22(19)38-28/h6-15,24,32H,4-5H2,1-3H3. The molecule has 0 spiro atoms. The lowest BCUT2D eigenvalue weighted by Crippen LogP contribution is -2.29. The Balaban J connectivity index is 1.72. The van der Waals surface area contributed by atoms with Crippen molar-refractivity contribution in [2.24, 2.45) is 0 Å². The maximum Gasteiger partial charge on any atom is 0.301 e. The zero-order valence-electron chi connectivity index (χ0n) is 21.0. The monoisotopic (exact) mass is 531 g/mol. The number of fused-ring (bicyclic) bond motifs is 1. The number of ether oxygens (including phenoxy) is 3. The molecule has 1 saturated heterocycles. The van der Waals surface area contributed by atoms with Crippen molar-refractivity contribution in [2.45, 2.75) is 19.9 Å². The lowest BCUT2D eigenvalue weighted by Gasteiger charge is -2.24. The van der Waals surface area contributed by atoms with Crippen LogP contribution in [0.1, 0.15) is 31.0 Å². The summed E-state index contributed by atoms with van der Waals surface area (Å²) in [5, 5.41) is 11.6. The smallest absolute Gasteiger partial charge is 0.301 e. The lowest BCUT2D eigenvalue weighted by atomic mass is 9.95. The van der Waals surface area contributed by atoms with E-state index < -0.39 is 17.7 Å². The number of hydrogen-bond donors (Lipinski definition) is 1. The van der Waals surface area contributed by atoms with Crippen molar-refractivity contribution in [1.29, 1.82) is 0 Å². The van der Waals surface area contributed by atoms with E-state index in [1.165, 1.54) is 28.6 Å². The molecule has 2 aromatic heterocycles. The number of pyridine rings is 1. The van der Waals surface area contributed by atoms with Crippen LogP contribution in [-0.2, 0) is 9.59 Å². The highest BCUT2D eigenvalue weighted by atomic mass is 32.1. The predicted molar refractivity (Wildman–Crippen MR) is 144 cm³/mol. The molecule has 1 N–H and O–H groups in total. The summed E-state index contributed by atoms with van der Waals surface area (Å²) in [6.45, 7) is 4.55. The van der Waals surface area contributed by atoms with E-state index in [0.717, 1.165) is 4.70 Å². The van der Waals surface area contributed by atoms with Gasteiger partial charge in [-0.05, 0) is 61.9 Å². The average Bonchev–Trinajstić information content (AvgIpc) is 3.47. The predicted octanol–water partition coefficient (Wildman–Crippen LogP) is 5.12. The van der Waals surface area contributed by atoms with E-state index in [-0.39, 0.29) is 11.3 Å². The number of thiazole rings is 1. The van der Waals surface area contributed by atoms with E-state index in [1.54, 1.807) is 49.6 Å². The molecule has 1 atom stereocenters. The molecule has 0 aliphatic carbocycles. The van der Waals surface area contributed by atoms with Gasteiger partial charge in [0.05, 0.1) is 42.2 Å². The maximum atomic E-state index is 13.5. The van der Waals surface area contributed by atoms with E-state index in [2.05, 4.69) is 9.97 Å². The van der Waals surface area contributed by atoms with Crippen LogP contribution in [-0.4, -0.2) is 47.1 Å². The van der Waals surface area contributed by atoms with Crippen LogP contribution in [0.4, 0.5) is 5.13 Å². The molecule has 0 bridgehead atoms. The third kappa shape index (κ3) is 4.43. The molecule has 0 saturated carbocycles. The number of aliphatic hydroxyl groups is 1. The molecule has 3 heterocycles. The van der Waals surface area contributed by atoms with Crippen molar-refractivity contribution in [3.63, 3.8) is 0 Å². The second-order valence-corrected chi connectivity index (χ2v) is 9.32. The van der Waals surface area contributed by atoms with Gasteiger partial charge in [0, 0.05) is 18.0 Å². The molecule has 9 nitrogen and oxygen atoms in total. The van der Waals surface area contributed by atoms with Gasteiger partial charge in [-0.25, -0.2) is 4.98 Å². The van der Waals surface area contributed by atoms with Gasteiger partial charge in [-0.3, -0.25) is 19.5 Å². The van der Waals surface area contributed by atoms with Crippen LogP contribution in [0, 0.1) is 0 Å². The van der Waals surface area contributed by atoms with Gasteiger partial charge in [0.15, 0.2) is 16.6 Å². The molecule has 1 unspecified atom stereocenters. The fourth-order valence-corrected chi connectivity index (χ4v) is 5.39. The van der Waals surface area contributed by atoms with E-state index in [4.69, 9.17) is 14.2 Å². The molecular formula is C28H25N3O6S. The Morgan fingerprint density at radius 1 is 1.00 bits per heavy atom. The second-order valence-electron chi connectivity index (χ2n) is 8.31. The van der Waals surface area contributed by atoms with Crippen LogP contribution in [0.2, 0.25) is 0 Å². The summed E-state index contributed by atoms with van der Waals surface area (Å²) in [5.74, 6) is -0.243. The first-order chi connectivity index (χ1) is 18.5. The van der Waals surface area contributed by atoms with Crippen molar-refractivity contribution >= 4 is 44.1 Å². The van der Waals surface area contributed by atoms with Crippen LogP contribution in [0.3, 0.4) is 0 Å². The van der Waals surface area contributed by atoms with Crippen LogP contribution in [0.15, 0.2) is 66.5 Å². The molecular weight excluding hydrogens is 506 g/mol. The number of anilines is 1. The number of methoxy groups -OCH3 is 1. The Kier molecular flexibility index (Phi) is 6.97. The number of carbonyl (C=O) groups excluding carboxylic acids is 2. The van der Waals surface area contributed by atoms with E-state index in [1.807, 2.05) is 19.9 Å². The topological polar surface area (TPSA) is 111 Å². The number of amides is 1. The zero-order valence-corrected chi connectivity index (χ0v) is 21.8. The van der Waals surface area contributed by atoms with Crippen molar-refractivity contribution in [1.82, 2.24) is 9.97 Å². The van der Waals surface area contributed by atoms with Crippen molar-refractivity contribution < 1.29 is 28.9 Å². The van der Waals surface area contributed by atoms with Crippen LogP contribution in [0.25, 0.3) is 16.0 Å². The third-order valence-corrected chi connectivity index (χ3v) is 7.09. The van der Waals surface area contributed by atoms with E-state index in [9.17, 15) is 14.7 Å². The average molecular weight is 532 g/mol. The number of hydrogen-bond acceptors (Lipinski definition) is 9.